The number of aromatic nitrogens is 1. The maximum absolute atomic E-state index is 11.3. The van der Waals surface area contributed by atoms with Crippen molar-refractivity contribution < 1.29 is 9.53 Å². The lowest BCUT2D eigenvalue weighted by Crippen LogP contribution is -2.26. The smallest absolute Gasteiger partial charge is 0.222 e. The van der Waals surface area contributed by atoms with E-state index in [-0.39, 0.29) is 5.91 Å². The molecule has 0 aromatic carbocycles. The van der Waals surface area contributed by atoms with Crippen molar-refractivity contribution in [3.05, 3.63) is 24.4 Å². The van der Waals surface area contributed by atoms with Crippen molar-refractivity contribution in [1.82, 2.24) is 10.3 Å². The molecule has 0 fully saturated rings. The lowest BCUT2D eigenvalue weighted by atomic mass is 10.5. The molecule has 4 nitrogen and oxygen atoms in total. The van der Waals surface area contributed by atoms with E-state index in [1.807, 2.05) is 25.1 Å². The minimum atomic E-state index is 0.0209. The van der Waals surface area contributed by atoms with Crippen LogP contribution in [0, 0.1) is 0 Å². The molecule has 1 amide bonds. The fourth-order valence-corrected chi connectivity index (χ4v) is 2.82. The number of nitrogens with zero attached hydrogens (tertiary/aromatic N) is 1. The van der Waals surface area contributed by atoms with Crippen LogP contribution >= 0.6 is 21.6 Å². The molecule has 94 valence electrons. The third-order valence-corrected chi connectivity index (χ3v) is 4.04. The Morgan fingerprint density at radius 1 is 1.53 bits per heavy atom. The summed E-state index contributed by atoms with van der Waals surface area (Å²) in [5.41, 5.74) is 0. The van der Waals surface area contributed by atoms with E-state index in [2.05, 4.69) is 10.3 Å². The van der Waals surface area contributed by atoms with E-state index in [1.165, 1.54) is 0 Å². The van der Waals surface area contributed by atoms with Gasteiger partial charge in [-0.05, 0) is 29.9 Å². The van der Waals surface area contributed by atoms with Crippen molar-refractivity contribution in [3.63, 3.8) is 0 Å². The van der Waals surface area contributed by atoms with Gasteiger partial charge in [0.05, 0.1) is 0 Å². The third-order valence-electron chi connectivity index (χ3n) is 1.77. The molecule has 0 atom stereocenters. The van der Waals surface area contributed by atoms with Crippen LogP contribution in [-0.2, 0) is 9.53 Å². The Kier molecular flexibility index (Phi) is 7.87. The van der Waals surface area contributed by atoms with Crippen molar-refractivity contribution in [3.8, 4) is 0 Å². The molecule has 0 unspecified atom stereocenters. The van der Waals surface area contributed by atoms with Gasteiger partial charge in [-0.2, -0.15) is 0 Å². The molecule has 6 heteroatoms. The number of nitrogens with one attached hydrogen (secondary N) is 1. The Morgan fingerprint density at radius 2 is 2.41 bits per heavy atom. The molecule has 17 heavy (non-hydrogen) atoms. The molecule has 1 aromatic rings. The molecule has 0 aliphatic rings. The van der Waals surface area contributed by atoms with Crippen molar-refractivity contribution in [2.24, 2.45) is 0 Å². The molecule has 0 saturated carbocycles. The summed E-state index contributed by atoms with van der Waals surface area (Å²) in [6.45, 7) is 2.81. The summed E-state index contributed by atoms with van der Waals surface area (Å²) in [6, 6.07) is 5.79. The topological polar surface area (TPSA) is 51.2 Å². The lowest BCUT2D eigenvalue weighted by Gasteiger charge is -2.04. The largest absolute Gasteiger partial charge is 0.362 e. The van der Waals surface area contributed by atoms with Gasteiger partial charge in [-0.25, -0.2) is 4.98 Å². The van der Waals surface area contributed by atoms with Crippen LogP contribution in [0.5, 0.6) is 0 Å². The summed E-state index contributed by atoms with van der Waals surface area (Å²) in [5, 5.41) is 3.65. The summed E-state index contributed by atoms with van der Waals surface area (Å²) in [7, 11) is 3.21. The molecule has 0 aliphatic heterocycles. The first-order valence-electron chi connectivity index (χ1n) is 5.38. The average molecular weight is 272 g/mol. The van der Waals surface area contributed by atoms with E-state index in [0.717, 1.165) is 10.8 Å². The number of rotatable bonds is 8. The molecule has 1 rings (SSSR count). The first kappa shape index (κ1) is 14.3. The lowest BCUT2D eigenvalue weighted by molar-refractivity contribution is -0.122. The van der Waals surface area contributed by atoms with E-state index in [0.29, 0.717) is 19.8 Å². The van der Waals surface area contributed by atoms with Crippen molar-refractivity contribution in [2.75, 3.05) is 19.1 Å². The molecule has 0 aliphatic carbocycles. The highest BCUT2D eigenvalue weighted by Gasteiger charge is 2.01. The van der Waals surface area contributed by atoms with Crippen LogP contribution in [0.25, 0.3) is 0 Å². The Morgan fingerprint density at radius 3 is 3.12 bits per heavy atom. The molecular formula is C11H16N2O2S2. The van der Waals surface area contributed by atoms with Gasteiger partial charge in [0.1, 0.15) is 11.8 Å². The summed E-state index contributed by atoms with van der Waals surface area (Å²) in [6.07, 6.45) is 2.26. The Balaban J connectivity index is 2.02. The van der Waals surface area contributed by atoms with Crippen LogP contribution < -0.4 is 5.32 Å². The summed E-state index contributed by atoms with van der Waals surface area (Å²) < 4.78 is 5.03. The van der Waals surface area contributed by atoms with E-state index in [9.17, 15) is 4.79 Å². The number of hydrogen-bond donors (Lipinski definition) is 1. The Hall–Kier alpha value is -0.720. The monoisotopic (exact) mass is 272 g/mol. The van der Waals surface area contributed by atoms with E-state index in [4.69, 9.17) is 4.74 Å². The Labute approximate surface area is 109 Å². The molecule has 1 aromatic heterocycles. The van der Waals surface area contributed by atoms with Crippen LogP contribution in [-0.4, -0.2) is 30.0 Å². The number of carbonyl (C=O) groups is 1. The fraction of sp³-hybridized carbons (Fsp3) is 0.455. The first-order valence-corrected chi connectivity index (χ1v) is 7.69. The maximum Gasteiger partial charge on any atom is 0.222 e. The van der Waals surface area contributed by atoms with Gasteiger partial charge in [0.15, 0.2) is 0 Å². The first-order chi connectivity index (χ1) is 8.33. The summed E-state index contributed by atoms with van der Waals surface area (Å²) in [5.74, 6) is 0.784. The van der Waals surface area contributed by atoms with E-state index in [1.54, 1.807) is 27.8 Å². The van der Waals surface area contributed by atoms with Crippen LogP contribution in [0.4, 0.5) is 0 Å². The highest BCUT2D eigenvalue weighted by molar-refractivity contribution is 8.76. The number of pyridine rings is 1. The van der Waals surface area contributed by atoms with Crippen LogP contribution in [0.3, 0.4) is 0 Å². The van der Waals surface area contributed by atoms with Gasteiger partial charge >= 0.3 is 0 Å². The normalized spacial score (nSPS) is 10.2. The number of hydrogen-bond acceptors (Lipinski definition) is 5. The molecule has 0 saturated heterocycles. The predicted octanol–water partition coefficient (Wildman–Crippen LogP) is 2.32. The third kappa shape index (κ3) is 7.25. The van der Waals surface area contributed by atoms with Crippen LogP contribution in [0.15, 0.2) is 29.4 Å². The van der Waals surface area contributed by atoms with Crippen LogP contribution in [0.1, 0.15) is 13.3 Å². The Bertz CT molecular complexity index is 323. The van der Waals surface area contributed by atoms with Gasteiger partial charge in [-0.15, -0.1) is 0 Å². The quantitative estimate of drug-likeness (QED) is 0.447. The van der Waals surface area contributed by atoms with Gasteiger partial charge < -0.3 is 10.1 Å². The summed E-state index contributed by atoms with van der Waals surface area (Å²) >= 11 is 0. The minimum Gasteiger partial charge on any atom is -0.362 e. The number of ether oxygens (including phenoxy) is 1. The van der Waals surface area contributed by atoms with Crippen molar-refractivity contribution in [1.29, 1.82) is 0 Å². The average Bonchev–Trinajstić information content (AvgIpc) is 2.36. The molecule has 1 N–H and O–H groups in total. The van der Waals surface area contributed by atoms with Crippen molar-refractivity contribution >= 4 is 27.5 Å². The van der Waals surface area contributed by atoms with Crippen molar-refractivity contribution in [2.45, 2.75) is 18.4 Å². The predicted molar refractivity (Wildman–Crippen MR) is 71.8 cm³/mol. The van der Waals surface area contributed by atoms with Gasteiger partial charge in [-0.3, -0.25) is 4.79 Å². The van der Waals surface area contributed by atoms with Gasteiger partial charge in [-0.1, -0.05) is 16.9 Å². The number of amides is 1. The molecule has 0 radical (unpaired) electrons. The maximum atomic E-state index is 11.3. The molecule has 1 heterocycles. The van der Waals surface area contributed by atoms with Crippen LogP contribution in [0.2, 0.25) is 0 Å². The number of carbonyl (C=O) groups excluding carboxylic acids is 1. The second kappa shape index (κ2) is 9.32. The highest BCUT2D eigenvalue weighted by Crippen LogP contribution is 2.29. The van der Waals surface area contributed by atoms with E-state index < -0.39 is 0 Å². The SMILES string of the molecule is CCOCNC(=O)CCSSc1ccccn1. The van der Waals surface area contributed by atoms with Gasteiger partial charge in [0, 0.05) is 25.0 Å². The molecular weight excluding hydrogens is 256 g/mol. The second-order valence-corrected chi connectivity index (χ2v) is 5.50. The second-order valence-electron chi connectivity index (χ2n) is 3.06. The molecule has 0 bridgehead atoms. The standard InChI is InChI=1S/C11H16N2O2S2/c1-2-15-9-13-10(14)6-8-16-17-11-5-3-4-7-12-11/h3-5,7H,2,6,8-9H2,1H3,(H,13,14). The summed E-state index contributed by atoms with van der Waals surface area (Å²) in [4.78, 5) is 15.5. The van der Waals surface area contributed by atoms with Gasteiger partial charge in [0.2, 0.25) is 5.91 Å². The minimum absolute atomic E-state index is 0.0209. The zero-order chi connectivity index (χ0) is 12.3. The highest BCUT2D eigenvalue weighted by atomic mass is 33.1. The zero-order valence-electron chi connectivity index (χ0n) is 9.72. The van der Waals surface area contributed by atoms with Gasteiger partial charge in [0.25, 0.3) is 0 Å². The zero-order valence-corrected chi connectivity index (χ0v) is 11.4. The van der Waals surface area contributed by atoms with E-state index >= 15 is 0 Å². The fourth-order valence-electron chi connectivity index (χ4n) is 0.955. The molecule has 0 spiro atoms.